The third kappa shape index (κ3) is 7.73. The molecule has 0 radical (unpaired) electrons. The lowest BCUT2D eigenvalue weighted by molar-refractivity contribution is 0.305. The van der Waals surface area contributed by atoms with Gasteiger partial charge < -0.3 is 10.4 Å². The Hall–Kier alpha value is -1.23. The van der Waals surface area contributed by atoms with E-state index in [1.54, 1.807) is 0 Å². The van der Waals surface area contributed by atoms with Gasteiger partial charge in [-0.1, -0.05) is 18.5 Å². The topological polar surface area (TPSA) is 130 Å². The number of hydrogen-bond acceptors (Lipinski definition) is 8. The maximum atomic E-state index is 11.1. The van der Waals surface area contributed by atoms with Crippen LogP contribution < -0.4 is 10.0 Å². The summed E-state index contributed by atoms with van der Waals surface area (Å²) in [6.07, 6.45) is 1.82. The van der Waals surface area contributed by atoms with E-state index in [4.69, 9.17) is 16.7 Å². The van der Waals surface area contributed by atoms with E-state index >= 15 is 0 Å². The van der Waals surface area contributed by atoms with Crippen LogP contribution in [0.3, 0.4) is 0 Å². The number of nitrogens with one attached hydrogen (secondary N) is 2. The SMILES string of the molecule is CC(CNS(C)(=O)=O)CC(C)Nc1nonc1/C(Cl)=N/CCO. The number of nitrogens with zero attached hydrogens (tertiary/aromatic N) is 3. The second-order valence-electron chi connectivity index (χ2n) is 5.36. The van der Waals surface area contributed by atoms with Crippen molar-refractivity contribution in [2.75, 3.05) is 31.3 Å². The molecule has 0 aliphatic rings. The van der Waals surface area contributed by atoms with Crippen LogP contribution >= 0.6 is 11.6 Å². The first-order valence-corrected chi connectivity index (χ1v) is 9.34. The van der Waals surface area contributed by atoms with Crippen molar-refractivity contribution in [3.63, 3.8) is 0 Å². The average Bonchev–Trinajstić information content (AvgIpc) is 2.89. The fraction of sp³-hybridized carbons (Fsp3) is 0.750. The number of aliphatic hydroxyl groups is 1. The molecule has 132 valence electrons. The van der Waals surface area contributed by atoms with Gasteiger partial charge in [0.05, 0.1) is 19.4 Å². The van der Waals surface area contributed by atoms with E-state index in [-0.39, 0.29) is 36.0 Å². The predicted molar refractivity (Wildman–Crippen MR) is 88.4 cm³/mol. The van der Waals surface area contributed by atoms with Crippen molar-refractivity contribution in [3.05, 3.63) is 5.69 Å². The Morgan fingerprint density at radius 3 is 2.74 bits per heavy atom. The molecule has 3 N–H and O–H groups in total. The van der Waals surface area contributed by atoms with Crippen LogP contribution in [0.2, 0.25) is 0 Å². The second kappa shape index (κ2) is 9.16. The monoisotopic (exact) mass is 367 g/mol. The zero-order chi connectivity index (χ0) is 17.5. The molecule has 23 heavy (non-hydrogen) atoms. The molecule has 0 aliphatic heterocycles. The maximum Gasteiger partial charge on any atom is 0.208 e. The summed E-state index contributed by atoms with van der Waals surface area (Å²) < 4.78 is 29.3. The molecule has 9 nitrogen and oxygen atoms in total. The summed E-state index contributed by atoms with van der Waals surface area (Å²) in [5, 5.41) is 19.4. The van der Waals surface area contributed by atoms with Gasteiger partial charge in [-0.15, -0.1) is 0 Å². The van der Waals surface area contributed by atoms with Crippen molar-refractivity contribution in [2.45, 2.75) is 26.3 Å². The van der Waals surface area contributed by atoms with Crippen molar-refractivity contribution in [2.24, 2.45) is 10.9 Å². The minimum Gasteiger partial charge on any atom is -0.394 e. The van der Waals surface area contributed by atoms with Gasteiger partial charge in [-0.25, -0.2) is 17.8 Å². The van der Waals surface area contributed by atoms with Crippen molar-refractivity contribution < 1.29 is 18.2 Å². The van der Waals surface area contributed by atoms with Crippen LogP contribution in [0.4, 0.5) is 5.82 Å². The minimum absolute atomic E-state index is 0.0145. The van der Waals surface area contributed by atoms with Gasteiger partial charge in [-0.05, 0) is 29.6 Å². The lowest BCUT2D eigenvalue weighted by Gasteiger charge is -2.18. The molecule has 1 rings (SSSR count). The molecule has 0 saturated carbocycles. The highest BCUT2D eigenvalue weighted by Gasteiger charge is 2.18. The first-order chi connectivity index (χ1) is 10.7. The number of rotatable bonds is 10. The van der Waals surface area contributed by atoms with E-state index in [2.05, 4.69) is 30.0 Å². The number of aliphatic hydroxyl groups excluding tert-OH is 1. The van der Waals surface area contributed by atoms with E-state index < -0.39 is 10.0 Å². The van der Waals surface area contributed by atoms with Crippen LogP contribution in [0.1, 0.15) is 26.0 Å². The Labute approximate surface area is 140 Å². The number of halogens is 1. The summed E-state index contributed by atoms with van der Waals surface area (Å²) in [6, 6.07) is -0.0145. The van der Waals surface area contributed by atoms with Gasteiger partial charge >= 0.3 is 0 Å². The van der Waals surface area contributed by atoms with Crippen LogP contribution in [-0.2, 0) is 10.0 Å². The van der Waals surface area contributed by atoms with E-state index in [1.807, 2.05) is 13.8 Å². The largest absolute Gasteiger partial charge is 0.394 e. The molecule has 0 aromatic carbocycles. The van der Waals surface area contributed by atoms with Crippen LogP contribution in [0.25, 0.3) is 0 Å². The third-order valence-electron chi connectivity index (χ3n) is 2.87. The highest BCUT2D eigenvalue weighted by Crippen LogP contribution is 2.16. The molecule has 0 bridgehead atoms. The molecule has 1 aromatic rings. The number of hydrogen-bond donors (Lipinski definition) is 3. The summed E-state index contributed by atoms with van der Waals surface area (Å²) in [7, 11) is -3.19. The van der Waals surface area contributed by atoms with Crippen molar-refractivity contribution >= 4 is 32.6 Å². The van der Waals surface area contributed by atoms with Crippen molar-refractivity contribution in [1.29, 1.82) is 0 Å². The van der Waals surface area contributed by atoms with Gasteiger partial charge in [-0.3, -0.25) is 4.99 Å². The standard InChI is InChI=1S/C12H22ClN5O4S/c1-8(7-15-23(3,20)21)6-9(2)16-12-10(17-22-18-12)11(13)14-4-5-19/h8-9,15,19H,4-7H2,1-3H3,(H,16,18)/b14-11-. The van der Waals surface area contributed by atoms with Gasteiger partial charge in [-0.2, -0.15) is 0 Å². The zero-order valence-corrected chi connectivity index (χ0v) is 14.9. The normalized spacial score (nSPS) is 15.4. The van der Waals surface area contributed by atoms with Crippen LogP contribution in [-0.4, -0.2) is 61.0 Å². The fourth-order valence-corrected chi connectivity index (χ4v) is 2.71. The van der Waals surface area contributed by atoms with E-state index in [0.717, 1.165) is 6.26 Å². The fourth-order valence-electron chi connectivity index (χ4n) is 1.91. The number of aromatic nitrogens is 2. The minimum atomic E-state index is -3.19. The van der Waals surface area contributed by atoms with Crippen LogP contribution in [0, 0.1) is 5.92 Å². The van der Waals surface area contributed by atoms with E-state index in [0.29, 0.717) is 18.8 Å². The molecular formula is C12H22ClN5O4S. The van der Waals surface area contributed by atoms with Gasteiger partial charge in [0.25, 0.3) is 0 Å². The molecule has 2 unspecified atom stereocenters. The van der Waals surface area contributed by atoms with Gasteiger partial charge in [0.2, 0.25) is 15.8 Å². The van der Waals surface area contributed by atoms with Gasteiger partial charge in [0, 0.05) is 12.6 Å². The van der Waals surface area contributed by atoms with Gasteiger partial charge in [0.15, 0.2) is 10.9 Å². The Kier molecular flexibility index (Phi) is 7.89. The molecular weight excluding hydrogens is 346 g/mol. The quantitative estimate of drug-likeness (QED) is 0.511. The van der Waals surface area contributed by atoms with E-state index in [9.17, 15) is 8.42 Å². The summed E-state index contributed by atoms with van der Waals surface area (Å²) >= 11 is 5.98. The first kappa shape index (κ1) is 19.8. The Balaban J connectivity index is 2.58. The molecule has 0 aliphatic carbocycles. The summed E-state index contributed by atoms with van der Waals surface area (Å²) in [4.78, 5) is 3.92. The lowest BCUT2D eigenvalue weighted by atomic mass is 10.0. The Morgan fingerprint density at radius 1 is 1.43 bits per heavy atom. The number of sulfonamides is 1. The number of anilines is 1. The molecule has 0 saturated heterocycles. The maximum absolute atomic E-state index is 11.1. The summed E-state index contributed by atoms with van der Waals surface area (Å²) in [5.41, 5.74) is 0.272. The van der Waals surface area contributed by atoms with Crippen LogP contribution in [0.5, 0.6) is 0 Å². The van der Waals surface area contributed by atoms with E-state index in [1.165, 1.54) is 0 Å². The summed E-state index contributed by atoms with van der Waals surface area (Å²) in [6.45, 7) is 4.26. The molecule has 0 spiro atoms. The first-order valence-electron chi connectivity index (χ1n) is 7.07. The average molecular weight is 368 g/mol. The number of aliphatic imine (C=N–C) groups is 1. The van der Waals surface area contributed by atoms with Crippen LogP contribution in [0.15, 0.2) is 9.62 Å². The highest BCUT2D eigenvalue weighted by atomic mass is 35.5. The Morgan fingerprint density at radius 2 is 2.13 bits per heavy atom. The molecule has 0 amide bonds. The summed E-state index contributed by atoms with van der Waals surface area (Å²) in [5.74, 6) is 0.474. The molecule has 0 fully saturated rings. The molecule has 1 aromatic heterocycles. The smallest absolute Gasteiger partial charge is 0.208 e. The second-order valence-corrected chi connectivity index (χ2v) is 7.56. The predicted octanol–water partition coefficient (Wildman–Crippen LogP) is 0.423. The van der Waals surface area contributed by atoms with Crippen molar-refractivity contribution in [1.82, 2.24) is 15.0 Å². The van der Waals surface area contributed by atoms with Gasteiger partial charge in [0.1, 0.15) is 0 Å². The third-order valence-corrected chi connectivity index (χ3v) is 3.86. The highest BCUT2D eigenvalue weighted by molar-refractivity contribution is 7.88. The molecule has 11 heteroatoms. The zero-order valence-electron chi connectivity index (χ0n) is 13.3. The molecule has 2 atom stereocenters. The Bertz CT molecular complexity index is 619. The molecule has 1 heterocycles. The van der Waals surface area contributed by atoms with Crippen molar-refractivity contribution in [3.8, 4) is 0 Å². The lowest BCUT2D eigenvalue weighted by Crippen LogP contribution is -2.30.